The van der Waals surface area contributed by atoms with Gasteiger partial charge in [0.05, 0.1) is 0 Å². The lowest BCUT2D eigenvalue weighted by molar-refractivity contribution is 0.383. The molecule has 0 aliphatic carbocycles. The third-order valence-corrected chi connectivity index (χ3v) is 5.33. The fourth-order valence-electron chi connectivity index (χ4n) is 3.37. The normalized spacial score (nSPS) is 17.8. The van der Waals surface area contributed by atoms with E-state index >= 15 is 0 Å². The highest BCUT2D eigenvalue weighted by atomic mass is 32.1. The number of ether oxygens (including phenoxy) is 1. The molecule has 0 atom stereocenters. The zero-order valence-electron chi connectivity index (χ0n) is 14.9. The number of rotatable bonds is 2. The number of nitrogens with zero attached hydrogens (tertiary/aromatic N) is 2. The Hall–Kier alpha value is -2.53. The van der Waals surface area contributed by atoms with Gasteiger partial charge in [-0.25, -0.2) is 0 Å². The number of benzene rings is 2. The monoisotopic (exact) mass is 367 g/mol. The van der Waals surface area contributed by atoms with Crippen molar-refractivity contribution in [1.29, 1.82) is 0 Å². The largest absolute Gasteiger partial charge is 0.488 e. The molecular formula is C21H25N3OS. The summed E-state index contributed by atoms with van der Waals surface area (Å²) in [5.74, 6) is 0.943. The molecule has 1 saturated heterocycles. The van der Waals surface area contributed by atoms with Gasteiger partial charge in [-0.2, -0.15) is 0 Å². The smallest absolute Gasteiger partial charge is 0.173 e. The average molecular weight is 368 g/mol. The van der Waals surface area contributed by atoms with Crippen LogP contribution < -0.4 is 15.0 Å². The fourth-order valence-corrected chi connectivity index (χ4v) is 3.62. The molecule has 2 heterocycles. The number of hydrogen-bond acceptors (Lipinski definition) is 3. The van der Waals surface area contributed by atoms with Crippen LogP contribution in [0.25, 0.3) is 5.57 Å². The van der Waals surface area contributed by atoms with E-state index in [9.17, 15) is 0 Å². The number of aryl methyl sites for hydroxylation is 1. The number of para-hydroxylation sites is 1. The maximum absolute atomic E-state index is 5.69. The van der Waals surface area contributed by atoms with Crippen LogP contribution in [0.1, 0.15) is 12.6 Å². The number of anilines is 1. The van der Waals surface area contributed by atoms with Gasteiger partial charge < -0.3 is 19.9 Å². The van der Waals surface area contributed by atoms with Gasteiger partial charge in [0.2, 0.25) is 0 Å². The fraction of sp³-hybridized carbons (Fsp3) is 0.286. The summed E-state index contributed by atoms with van der Waals surface area (Å²) >= 11 is 5.59. The van der Waals surface area contributed by atoms with Crippen LogP contribution in [0, 0.1) is 6.92 Å². The molecule has 5 heteroatoms. The molecule has 26 heavy (non-hydrogen) atoms. The van der Waals surface area contributed by atoms with Crippen LogP contribution in [0.2, 0.25) is 0 Å². The quantitative estimate of drug-likeness (QED) is 0.818. The minimum Gasteiger partial charge on any atom is -0.488 e. The molecule has 0 saturated carbocycles. The number of piperazine rings is 1. The van der Waals surface area contributed by atoms with Crippen molar-refractivity contribution in [3.8, 4) is 5.75 Å². The van der Waals surface area contributed by atoms with Gasteiger partial charge in [-0.15, -0.1) is 0 Å². The van der Waals surface area contributed by atoms with Crippen molar-refractivity contribution in [3.05, 3.63) is 65.9 Å². The van der Waals surface area contributed by atoms with Crippen LogP contribution in [0.5, 0.6) is 5.75 Å². The van der Waals surface area contributed by atoms with Gasteiger partial charge in [0.25, 0.3) is 0 Å². The maximum Gasteiger partial charge on any atom is 0.173 e. The summed E-state index contributed by atoms with van der Waals surface area (Å²) in [6, 6.07) is 16.8. The second-order valence-electron chi connectivity index (χ2n) is 6.71. The van der Waals surface area contributed by atoms with E-state index in [4.69, 9.17) is 17.0 Å². The first-order valence-electron chi connectivity index (χ1n) is 8.99. The Labute approximate surface area is 161 Å². The summed E-state index contributed by atoms with van der Waals surface area (Å²) in [6.45, 7) is 6.52. The highest BCUT2D eigenvalue weighted by Gasteiger charge is 2.20. The summed E-state index contributed by atoms with van der Waals surface area (Å²) in [5.41, 5.74) is 4.87. The third kappa shape index (κ3) is 3.53. The highest BCUT2D eigenvalue weighted by molar-refractivity contribution is 7.80. The predicted octanol–water partition coefficient (Wildman–Crippen LogP) is 3.67. The van der Waals surface area contributed by atoms with E-state index in [1.54, 1.807) is 0 Å². The van der Waals surface area contributed by atoms with Crippen molar-refractivity contribution in [3.63, 3.8) is 0 Å². The van der Waals surface area contributed by atoms with Crippen LogP contribution in [0.3, 0.4) is 0 Å². The van der Waals surface area contributed by atoms with Crippen LogP contribution >= 0.6 is 12.2 Å². The molecule has 2 aliphatic rings. The lowest BCUT2D eigenvalue weighted by Crippen LogP contribution is -2.51. The first-order chi connectivity index (χ1) is 12.7. The van der Waals surface area contributed by atoms with Crippen LogP contribution in [0.15, 0.2) is 54.7 Å². The van der Waals surface area contributed by atoms with E-state index in [0.29, 0.717) is 6.61 Å². The Balaban J connectivity index is 0.00000210. The minimum atomic E-state index is 0. The zero-order chi connectivity index (χ0) is 17.9. The molecule has 0 amide bonds. The Morgan fingerprint density at radius 2 is 1.81 bits per heavy atom. The first kappa shape index (κ1) is 16.9. The number of fused-ring (bicyclic) bond motifs is 1. The molecule has 4 rings (SSSR count). The van der Waals surface area contributed by atoms with Crippen molar-refractivity contribution in [2.75, 3.05) is 37.7 Å². The number of hydrogen-bond donors (Lipinski definition) is 1. The van der Waals surface area contributed by atoms with Gasteiger partial charge in [-0.1, -0.05) is 35.9 Å². The molecule has 136 valence electrons. The maximum atomic E-state index is 5.69. The molecule has 1 fully saturated rings. The van der Waals surface area contributed by atoms with Gasteiger partial charge >= 0.3 is 0 Å². The number of thiocarbonyl (C=S) groups is 1. The molecular weight excluding hydrogens is 342 g/mol. The predicted molar refractivity (Wildman–Crippen MR) is 113 cm³/mol. The topological polar surface area (TPSA) is 27.7 Å². The van der Waals surface area contributed by atoms with E-state index in [-0.39, 0.29) is 1.43 Å². The van der Waals surface area contributed by atoms with Crippen molar-refractivity contribution in [2.45, 2.75) is 6.92 Å². The van der Waals surface area contributed by atoms with Gasteiger partial charge in [-0.3, -0.25) is 0 Å². The highest BCUT2D eigenvalue weighted by Crippen LogP contribution is 2.32. The van der Waals surface area contributed by atoms with Crippen LogP contribution in [-0.2, 0) is 0 Å². The van der Waals surface area contributed by atoms with Crippen molar-refractivity contribution < 1.29 is 6.16 Å². The summed E-state index contributed by atoms with van der Waals surface area (Å²) in [4.78, 5) is 4.65. The van der Waals surface area contributed by atoms with Gasteiger partial charge in [0.15, 0.2) is 5.11 Å². The Kier molecular flexibility index (Phi) is 4.80. The summed E-state index contributed by atoms with van der Waals surface area (Å²) in [7, 11) is 0. The molecule has 2 aliphatic heterocycles. The van der Waals surface area contributed by atoms with Crippen molar-refractivity contribution >= 4 is 28.6 Å². The Morgan fingerprint density at radius 3 is 2.58 bits per heavy atom. The SMILES string of the molecule is Cc1ccc(N2CCN(C(=S)N/C=C3/COc4ccccc43)CC2)cc1.[HH]. The van der Waals surface area contributed by atoms with Crippen LogP contribution in [0.4, 0.5) is 5.69 Å². The van der Waals surface area contributed by atoms with E-state index < -0.39 is 0 Å². The van der Waals surface area contributed by atoms with Crippen molar-refractivity contribution in [1.82, 2.24) is 10.2 Å². The Morgan fingerprint density at radius 1 is 1.08 bits per heavy atom. The van der Waals surface area contributed by atoms with E-state index in [0.717, 1.165) is 48.2 Å². The van der Waals surface area contributed by atoms with E-state index in [1.165, 1.54) is 11.3 Å². The molecule has 1 N–H and O–H groups in total. The minimum absolute atomic E-state index is 0. The molecule has 0 spiro atoms. The van der Waals surface area contributed by atoms with Gasteiger partial charge in [0, 0.05) is 50.6 Å². The standard InChI is InChI=1S/C21H23N3OS.H2/c1-16-6-8-18(9-7-16)23-10-12-24(13-11-23)21(26)22-14-17-15-25-20-5-3-2-4-19(17)20;/h2-9,14H,10-13,15H2,1H3,(H,22,26);1H/b17-14-;. The molecule has 0 bridgehead atoms. The molecule has 4 nitrogen and oxygen atoms in total. The van der Waals surface area contributed by atoms with Crippen LogP contribution in [-0.4, -0.2) is 42.8 Å². The zero-order valence-corrected chi connectivity index (χ0v) is 15.8. The lowest BCUT2D eigenvalue weighted by atomic mass is 10.1. The summed E-state index contributed by atoms with van der Waals surface area (Å²) in [6.07, 6.45) is 1.99. The first-order valence-corrected chi connectivity index (χ1v) is 9.40. The molecule has 0 unspecified atom stereocenters. The van der Waals surface area contributed by atoms with Gasteiger partial charge in [0.1, 0.15) is 12.4 Å². The molecule has 2 aromatic carbocycles. The lowest BCUT2D eigenvalue weighted by Gasteiger charge is -2.37. The summed E-state index contributed by atoms with van der Waals surface area (Å²) < 4.78 is 5.69. The Bertz CT molecular complexity index is 830. The molecule has 2 aromatic rings. The average Bonchev–Trinajstić information content (AvgIpc) is 3.10. The van der Waals surface area contributed by atoms with E-state index in [2.05, 4.69) is 52.4 Å². The second-order valence-corrected chi connectivity index (χ2v) is 7.10. The molecule has 0 radical (unpaired) electrons. The number of nitrogens with one attached hydrogen (secondary N) is 1. The van der Waals surface area contributed by atoms with E-state index in [1.807, 2.05) is 24.4 Å². The summed E-state index contributed by atoms with van der Waals surface area (Å²) in [5, 5.41) is 4.08. The van der Waals surface area contributed by atoms with Crippen molar-refractivity contribution in [2.24, 2.45) is 0 Å². The third-order valence-electron chi connectivity index (χ3n) is 4.95. The van der Waals surface area contributed by atoms with Gasteiger partial charge in [-0.05, 0) is 37.3 Å². The molecule has 0 aromatic heterocycles. The second kappa shape index (κ2) is 7.38.